The van der Waals surface area contributed by atoms with Gasteiger partial charge in [0.1, 0.15) is 11.2 Å². The zero-order valence-corrected chi connectivity index (χ0v) is 31.5. The van der Waals surface area contributed by atoms with Crippen molar-refractivity contribution in [2.45, 2.75) is 0 Å². The summed E-state index contributed by atoms with van der Waals surface area (Å²) < 4.78 is 131. The van der Waals surface area contributed by atoms with E-state index in [0.717, 1.165) is 49.8 Å². The summed E-state index contributed by atoms with van der Waals surface area (Å²) in [5.74, 6) is 0.491. The van der Waals surface area contributed by atoms with Crippen LogP contribution in [-0.4, -0.2) is 9.97 Å². The Morgan fingerprint density at radius 2 is 0.900 bits per heavy atom. The zero-order valence-electron chi connectivity index (χ0n) is 45.5. The Kier molecular flexibility index (Phi) is 5.85. The van der Waals surface area contributed by atoms with Gasteiger partial charge in [0.25, 0.3) is 0 Å². The fourth-order valence-corrected chi connectivity index (χ4v) is 7.63. The number of aromatic nitrogens is 2. The molecule has 282 valence electrons. The van der Waals surface area contributed by atoms with Crippen molar-refractivity contribution in [3.63, 3.8) is 0 Å². The van der Waals surface area contributed by atoms with Crippen LogP contribution in [0.25, 0.3) is 88.9 Å². The summed E-state index contributed by atoms with van der Waals surface area (Å²) in [6, 6.07) is 32.9. The molecule has 2 heterocycles. The summed E-state index contributed by atoms with van der Waals surface area (Å²) in [7, 11) is 0. The summed E-state index contributed by atoms with van der Waals surface area (Å²) in [5.41, 5.74) is 4.08. The fourth-order valence-electron chi connectivity index (χ4n) is 7.63. The minimum absolute atomic E-state index is 0.199. The predicted molar refractivity (Wildman–Crippen MR) is 249 cm³/mol. The molecule has 60 heavy (non-hydrogen) atoms. The van der Waals surface area contributed by atoms with Gasteiger partial charge in [0.2, 0.25) is 0 Å². The van der Waals surface area contributed by atoms with E-state index in [-0.39, 0.29) is 11.1 Å². The Morgan fingerprint density at radius 1 is 0.383 bits per heavy atom. The summed E-state index contributed by atoms with van der Waals surface area (Å²) in [5, 5.41) is 3.09. The molecule has 2 aromatic heterocycles. The van der Waals surface area contributed by atoms with Gasteiger partial charge in [-0.3, -0.25) is 0 Å². The molecule has 0 atom stereocenters. The summed E-state index contributed by atoms with van der Waals surface area (Å²) in [6.07, 6.45) is 0. The lowest BCUT2D eigenvalue weighted by Gasteiger charge is -2.25. The highest BCUT2D eigenvalue weighted by Crippen LogP contribution is 2.44. The average Bonchev–Trinajstić information content (AvgIpc) is 3.81. The average molecular weight is 782 g/mol. The lowest BCUT2D eigenvalue weighted by Crippen LogP contribution is -2.09. The second kappa shape index (κ2) is 15.0. The van der Waals surface area contributed by atoms with Crippen LogP contribution < -0.4 is 4.90 Å². The van der Waals surface area contributed by atoms with E-state index in [2.05, 4.69) is 0 Å². The van der Waals surface area contributed by atoms with Crippen LogP contribution in [0, 0.1) is 0 Å². The van der Waals surface area contributed by atoms with Crippen LogP contribution in [0.15, 0.2) is 229 Å². The topological polar surface area (TPSA) is 42.2 Å². The van der Waals surface area contributed by atoms with E-state index in [0.29, 0.717) is 32.8 Å². The highest BCUT2D eigenvalue weighted by Gasteiger charge is 2.20. The van der Waals surface area contributed by atoms with Gasteiger partial charge in [0, 0.05) is 44.5 Å². The quantitative estimate of drug-likeness (QED) is 0.154. The smallest absolute Gasteiger partial charge is 0.161 e. The van der Waals surface area contributed by atoms with Crippen LogP contribution in [0.5, 0.6) is 0 Å². The molecule has 0 aliphatic heterocycles. The SMILES string of the molecule is [2H]c1c([2H])c([2H])c(N(c2c([2H])c([2H])c([2H])c([2H])c2[2H])c2c([2H])c([2H])c(-c3cc(-c4ccc(-c5nc(-c6ccccc6)cc(-c6ccccc6)n5)c5ccccc45)c4c(c3)oc3ccccc34)c([2H])c2[2H])c([2H])c1[2H]. The molecule has 9 aromatic carbocycles. The molecule has 4 nitrogen and oxygen atoms in total. The summed E-state index contributed by atoms with van der Waals surface area (Å²) in [6.45, 7) is 0. The molecule has 0 radical (unpaired) electrons. The van der Waals surface area contributed by atoms with Crippen LogP contribution in [0.4, 0.5) is 17.1 Å². The maximum absolute atomic E-state index is 9.63. The van der Waals surface area contributed by atoms with Gasteiger partial charge < -0.3 is 9.32 Å². The number of hydrogen-bond donors (Lipinski definition) is 0. The van der Waals surface area contributed by atoms with Gasteiger partial charge in [-0.05, 0) is 99.6 Å². The number of anilines is 3. The number of hydrogen-bond acceptors (Lipinski definition) is 4. The number of benzene rings is 9. The van der Waals surface area contributed by atoms with E-state index in [1.807, 2.05) is 127 Å². The van der Waals surface area contributed by atoms with E-state index in [1.54, 1.807) is 12.1 Å². The van der Waals surface area contributed by atoms with E-state index >= 15 is 0 Å². The van der Waals surface area contributed by atoms with Crippen molar-refractivity contribution in [1.29, 1.82) is 0 Å². The Hall–Kier alpha value is -8.08. The number of rotatable bonds is 8. The lowest BCUT2D eigenvalue weighted by molar-refractivity contribution is 0.669. The molecule has 0 bridgehead atoms. The van der Waals surface area contributed by atoms with Crippen LogP contribution in [0.3, 0.4) is 0 Å². The summed E-state index contributed by atoms with van der Waals surface area (Å²) >= 11 is 0. The fraction of sp³-hybridized carbons (Fsp3) is 0. The molecule has 0 fully saturated rings. The standard InChI is InChI=1S/C56H37N3O/c1-5-17-39(18-6-1)51-37-52(40-19-7-2-8-20-40)58-56(57-51)48-34-33-47(45-25-13-14-26-46(45)48)50-35-41(36-54-55(50)49-27-15-16-28-53(49)60-54)38-29-31-44(32-30-38)59(42-21-9-3-10-22-42)43-23-11-4-12-24-43/h1-37H/i3D,4D,9D,10D,11D,12D,21D,22D,23D,24D,29D,30D,31D,32D. The first kappa shape index (κ1) is 23.4. The van der Waals surface area contributed by atoms with Crippen LogP contribution in [0.1, 0.15) is 19.2 Å². The molecule has 0 saturated carbocycles. The minimum atomic E-state index is -0.880. The third-order valence-corrected chi connectivity index (χ3v) is 10.3. The Balaban J connectivity index is 1.16. The Bertz CT molecular complexity index is 3940. The van der Waals surface area contributed by atoms with Gasteiger partial charge in [-0.25, -0.2) is 9.97 Å². The van der Waals surface area contributed by atoms with E-state index in [1.165, 1.54) is 0 Å². The summed E-state index contributed by atoms with van der Waals surface area (Å²) in [4.78, 5) is 10.9. The maximum Gasteiger partial charge on any atom is 0.161 e. The van der Waals surface area contributed by atoms with E-state index in [9.17, 15) is 5.48 Å². The molecule has 0 N–H and O–H groups in total. The highest BCUT2D eigenvalue weighted by molar-refractivity contribution is 6.17. The van der Waals surface area contributed by atoms with Gasteiger partial charge in [0.05, 0.1) is 30.6 Å². The molecular weight excluding hydrogens is 731 g/mol. The molecular formula is C56H37N3O. The van der Waals surface area contributed by atoms with Crippen molar-refractivity contribution < 1.29 is 23.6 Å². The van der Waals surface area contributed by atoms with Gasteiger partial charge in [-0.15, -0.1) is 0 Å². The molecule has 0 aliphatic rings. The second-order valence-electron chi connectivity index (χ2n) is 13.9. The van der Waals surface area contributed by atoms with E-state index < -0.39 is 102 Å². The third kappa shape index (κ3) is 6.37. The van der Waals surface area contributed by atoms with Crippen LogP contribution >= 0.6 is 0 Å². The van der Waals surface area contributed by atoms with Crippen LogP contribution in [-0.2, 0) is 0 Å². The number of fused-ring (bicyclic) bond motifs is 4. The molecule has 11 aromatic rings. The van der Waals surface area contributed by atoms with Crippen molar-refractivity contribution >= 4 is 49.8 Å². The van der Waals surface area contributed by atoms with Crippen molar-refractivity contribution in [2.75, 3.05) is 4.90 Å². The van der Waals surface area contributed by atoms with Gasteiger partial charge in [0.15, 0.2) is 5.82 Å². The van der Waals surface area contributed by atoms with Gasteiger partial charge >= 0.3 is 0 Å². The monoisotopic (exact) mass is 781 g/mol. The normalized spacial score (nSPS) is 14.6. The minimum Gasteiger partial charge on any atom is -0.456 e. The zero-order chi connectivity index (χ0) is 52.0. The molecule has 0 spiro atoms. The Morgan fingerprint density at radius 3 is 1.52 bits per heavy atom. The molecule has 11 rings (SSSR count). The number of nitrogens with zero attached hydrogens (tertiary/aromatic N) is 3. The first-order valence-corrected chi connectivity index (χ1v) is 19.1. The van der Waals surface area contributed by atoms with Crippen molar-refractivity contribution in [1.82, 2.24) is 9.97 Å². The van der Waals surface area contributed by atoms with Crippen LogP contribution in [0.2, 0.25) is 0 Å². The third-order valence-electron chi connectivity index (χ3n) is 10.3. The molecule has 0 amide bonds. The lowest BCUT2D eigenvalue weighted by atomic mass is 9.90. The molecule has 0 unspecified atom stereocenters. The predicted octanol–water partition coefficient (Wildman–Crippen LogP) is 15.3. The largest absolute Gasteiger partial charge is 0.456 e. The van der Waals surface area contributed by atoms with E-state index in [4.69, 9.17) is 28.1 Å². The van der Waals surface area contributed by atoms with Crippen molar-refractivity contribution in [2.24, 2.45) is 0 Å². The van der Waals surface area contributed by atoms with Crippen molar-refractivity contribution in [3.8, 4) is 56.2 Å². The second-order valence-corrected chi connectivity index (χ2v) is 13.9. The first-order valence-electron chi connectivity index (χ1n) is 26.1. The molecule has 0 saturated heterocycles. The number of furan rings is 1. The van der Waals surface area contributed by atoms with Crippen molar-refractivity contribution in [3.05, 3.63) is 224 Å². The maximum atomic E-state index is 9.63. The van der Waals surface area contributed by atoms with Gasteiger partial charge in [-0.1, -0.05) is 158 Å². The Labute approximate surface area is 368 Å². The molecule has 0 aliphatic carbocycles. The number of para-hydroxylation sites is 3. The molecule has 4 heteroatoms. The highest BCUT2D eigenvalue weighted by atomic mass is 16.3. The first-order chi connectivity index (χ1) is 35.6. The van der Waals surface area contributed by atoms with Gasteiger partial charge in [-0.2, -0.15) is 0 Å².